The Morgan fingerprint density at radius 1 is 1.12 bits per heavy atom. The molecule has 0 unspecified atom stereocenters. The van der Waals surface area contributed by atoms with Gasteiger partial charge in [-0.05, 0) is 50.1 Å². The fourth-order valence-electron chi connectivity index (χ4n) is 2.63. The van der Waals surface area contributed by atoms with Crippen molar-refractivity contribution in [3.63, 3.8) is 0 Å². The summed E-state index contributed by atoms with van der Waals surface area (Å²) in [5.41, 5.74) is 3.47. The molecule has 1 aliphatic rings. The highest BCUT2D eigenvalue weighted by molar-refractivity contribution is 6.13. The first-order valence-corrected chi connectivity index (χ1v) is 7.96. The van der Waals surface area contributed by atoms with E-state index in [1.807, 2.05) is 69.3 Å². The monoisotopic (exact) mass is 320 g/mol. The molecule has 0 aliphatic carbocycles. The second-order valence-electron chi connectivity index (χ2n) is 5.95. The minimum absolute atomic E-state index is 0.0522. The topological polar surface area (TPSA) is 35.5 Å². The van der Waals surface area contributed by atoms with Gasteiger partial charge in [-0.3, -0.25) is 4.79 Å². The maximum absolute atomic E-state index is 12.3. The molecule has 0 atom stereocenters. The fraction of sp³-hybridized carbons (Fsp3) is 0.190. The summed E-state index contributed by atoms with van der Waals surface area (Å²) in [6, 6.07) is 13.7. The molecule has 2 aromatic rings. The molecule has 0 amide bonds. The van der Waals surface area contributed by atoms with Gasteiger partial charge in [-0.25, -0.2) is 0 Å². The quantitative estimate of drug-likeness (QED) is 0.747. The Balaban J connectivity index is 1.73. The number of hydrogen-bond acceptors (Lipinski definition) is 3. The zero-order valence-electron chi connectivity index (χ0n) is 14.1. The Hall–Kier alpha value is -2.81. The van der Waals surface area contributed by atoms with Crippen molar-refractivity contribution in [3.8, 4) is 11.5 Å². The van der Waals surface area contributed by atoms with E-state index in [4.69, 9.17) is 9.47 Å². The predicted octanol–water partition coefficient (Wildman–Crippen LogP) is 4.96. The lowest BCUT2D eigenvalue weighted by molar-refractivity contribution is 0.101. The third-order valence-corrected chi connectivity index (χ3v) is 3.91. The number of hydrogen-bond donors (Lipinski definition) is 0. The third-order valence-electron chi connectivity index (χ3n) is 3.91. The smallest absolute Gasteiger partial charge is 0.231 e. The fourth-order valence-corrected chi connectivity index (χ4v) is 2.63. The Labute approximate surface area is 142 Å². The van der Waals surface area contributed by atoms with Gasteiger partial charge in [0.15, 0.2) is 5.76 Å². The Kier molecular flexibility index (Phi) is 4.52. The molecule has 0 bridgehead atoms. The van der Waals surface area contributed by atoms with Gasteiger partial charge in [-0.15, -0.1) is 0 Å². The zero-order valence-corrected chi connectivity index (χ0v) is 14.1. The summed E-state index contributed by atoms with van der Waals surface area (Å²) in [4.78, 5) is 12.3. The van der Waals surface area contributed by atoms with Crippen LogP contribution in [0.5, 0.6) is 11.5 Å². The molecule has 1 aliphatic heterocycles. The summed E-state index contributed by atoms with van der Waals surface area (Å²) < 4.78 is 11.6. The molecule has 0 aromatic heterocycles. The van der Waals surface area contributed by atoms with Gasteiger partial charge in [-0.1, -0.05) is 36.4 Å². The van der Waals surface area contributed by atoms with Crippen LogP contribution >= 0.6 is 0 Å². The number of rotatable bonds is 4. The molecular formula is C21H20O3. The van der Waals surface area contributed by atoms with Crippen LogP contribution in [-0.4, -0.2) is 12.4 Å². The highest BCUT2D eigenvalue weighted by Gasteiger charge is 2.30. The van der Waals surface area contributed by atoms with Crippen LogP contribution in [-0.2, 0) is 0 Å². The lowest BCUT2D eigenvalue weighted by Gasteiger charge is -2.10. The molecular weight excluding hydrogens is 300 g/mol. The number of fused-ring (bicyclic) bond motifs is 1. The standard InChI is InChI=1S/C21H20O3/c1-14(2)20-19(22)17-11-12-18(15(3)21(17)24-20)23-13-7-10-16-8-5-4-6-9-16/h4-12H,13H2,1-3H3/b10-7+. The van der Waals surface area contributed by atoms with E-state index in [-0.39, 0.29) is 5.78 Å². The number of ketones is 1. The van der Waals surface area contributed by atoms with E-state index in [9.17, 15) is 4.79 Å². The molecule has 1 heterocycles. The van der Waals surface area contributed by atoms with Gasteiger partial charge in [0.05, 0.1) is 5.56 Å². The van der Waals surface area contributed by atoms with E-state index in [0.29, 0.717) is 23.7 Å². The highest BCUT2D eigenvalue weighted by Crippen LogP contribution is 2.39. The first kappa shape index (κ1) is 16.1. The molecule has 0 fully saturated rings. The van der Waals surface area contributed by atoms with Crippen molar-refractivity contribution < 1.29 is 14.3 Å². The molecule has 0 saturated heterocycles. The van der Waals surface area contributed by atoms with Gasteiger partial charge in [0.1, 0.15) is 18.1 Å². The van der Waals surface area contributed by atoms with Gasteiger partial charge < -0.3 is 9.47 Å². The van der Waals surface area contributed by atoms with Crippen LogP contribution in [0.25, 0.3) is 6.08 Å². The number of ether oxygens (including phenoxy) is 2. The molecule has 24 heavy (non-hydrogen) atoms. The van der Waals surface area contributed by atoms with Crippen molar-refractivity contribution >= 4 is 11.9 Å². The molecule has 0 radical (unpaired) electrons. The van der Waals surface area contributed by atoms with Crippen LogP contribution in [0, 0.1) is 6.92 Å². The summed E-state index contributed by atoms with van der Waals surface area (Å²) in [5, 5.41) is 0. The molecule has 3 heteroatoms. The van der Waals surface area contributed by atoms with E-state index in [0.717, 1.165) is 22.4 Å². The lowest BCUT2D eigenvalue weighted by Crippen LogP contribution is -2.00. The maximum atomic E-state index is 12.3. The van der Waals surface area contributed by atoms with Crippen molar-refractivity contribution in [1.29, 1.82) is 0 Å². The SMILES string of the molecule is CC(C)=C1Oc2c(ccc(OC/C=C/c3ccccc3)c2C)C1=O. The lowest BCUT2D eigenvalue weighted by atomic mass is 10.1. The van der Waals surface area contributed by atoms with Crippen molar-refractivity contribution in [2.45, 2.75) is 20.8 Å². The molecule has 0 N–H and O–H groups in total. The predicted molar refractivity (Wildman–Crippen MR) is 95.5 cm³/mol. The third kappa shape index (κ3) is 3.11. The van der Waals surface area contributed by atoms with Gasteiger partial charge in [0.25, 0.3) is 0 Å². The summed E-state index contributed by atoms with van der Waals surface area (Å²) in [6.07, 6.45) is 3.99. The van der Waals surface area contributed by atoms with Crippen molar-refractivity contribution in [1.82, 2.24) is 0 Å². The normalized spacial score (nSPS) is 13.1. The van der Waals surface area contributed by atoms with Gasteiger partial charge in [-0.2, -0.15) is 0 Å². The summed E-state index contributed by atoms with van der Waals surface area (Å²) >= 11 is 0. The molecule has 122 valence electrons. The Bertz CT molecular complexity index is 826. The van der Waals surface area contributed by atoms with Gasteiger partial charge >= 0.3 is 0 Å². The van der Waals surface area contributed by atoms with Crippen LogP contribution in [0.1, 0.15) is 35.3 Å². The maximum Gasteiger partial charge on any atom is 0.231 e. The molecule has 0 saturated carbocycles. The van der Waals surface area contributed by atoms with Gasteiger partial charge in [0, 0.05) is 5.56 Å². The Morgan fingerprint density at radius 2 is 1.88 bits per heavy atom. The van der Waals surface area contributed by atoms with Gasteiger partial charge in [0.2, 0.25) is 5.78 Å². The molecule has 3 nitrogen and oxygen atoms in total. The number of allylic oxidation sites excluding steroid dienone is 2. The van der Waals surface area contributed by atoms with Crippen molar-refractivity contribution in [3.05, 3.63) is 76.6 Å². The second kappa shape index (κ2) is 6.75. The average Bonchev–Trinajstić information content (AvgIpc) is 2.92. The van der Waals surface area contributed by atoms with E-state index < -0.39 is 0 Å². The second-order valence-corrected chi connectivity index (χ2v) is 5.95. The number of carbonyl (C=O) groups is 1. The Morgan fingerprint density at radius 3 is 2.58 bits per heavy atom. The summed E-state index contributed by atoms with van der Waals surface area (Å²) in [7, 11) is 0. The van der Waals surface area contributed by atoms with Crippen LogP contribution in [0.15, 0.2) is 59.9 Å². The number of benzene rings is 2. The zero-order chi connectivity index (χ0) is 17.1. The molecule has 0 spiro atoms. The largest absolute Gasteiger partial charge is 0.489 e. The molecule has 3 rings (SSSR count). The summed E-state index contributed by atoms with van der Waals surface area (Å²) in [5.74, 6) is 1.72. The van der Waals surface area contributed by atoms with E-state index in [1.54, 1.807) is 6.07 Å². The van der Waals surface area contributed by atoms with Crippen LogP contribution < -0.4 is 9.47 Å². The minimum atomic E-state index is -0.0522. The first-order chi connectivity index (χ1) is 11.6. The highest BCUT2D eigenvalue weighted by atomic mass is 16.5. The number of Topliss-reactive ketones (excluding diaryl/α,β-unsaturated/α-hetero) is 1. The first-order valence-electron chi connectivity index (χ1n) is 7.96. The van der Waals surface area contributed by atoms with Crippen LogP contribution in [0.2, 0.25) is 0 Å². The van der Waals surface area contributed by atoms with Crippen molar-refractivity contribution in [2.24, 2.45) is 0 Å². The van der Waals surface area contributed by atoms with Crippen LogP contribution in [0.4, 0.5) is 0 Å². The van der Waals surface area contributed by atoms with Crippen LogP contribution in [0.3, 0.4) is 0 Å². The average molecular weight is 320 g/mol. The minimum Gasteiger partial charge on any atom is -0.489 e. The molecule has 2 aromatic carbocycles. The summed E-state index contributed by atoms with van der Waals surface area (Å²) in [6.45, 7) is 6.12. The van der Waals surface area contributed by atoms with E-state index in [2.05, 4.69) is 0 Å². The number of carbonyl (C=O) groups excluding carboxylic acids is 1. The van der Waals surface area contributed by atoms with E-state index in [1.165, 1.54) is 0 Å². The van der Waals surface area contributed by atoms with E-state index >= 15 is 0 Å². The van der Waals surface area contributed by atoms with Crippen molar-refractivity contribution in [2.75, 3.05) is 6.61 Å².